The number of carbonyl (C=O) groups excluding carboxylic acids is 1. The quantitative estimate of drug-likeness (QED) is 0.630. The van der Waals surface area contributed by atoms with Crippen LogP contribution in [0.2, 0.25) is 0 Å². The molecular formula is C17H19N5O. The van der Waals surface area contributed by atoms with Gasteiger partial charge in [-0.2, -0.15) is 0 Å². The van der Waals surface area contributed by atoms with Gasteiger partial charge in [-0.15, -0.1) is 0 Å². The molecule has 0 aliphatic rings. The van der Waals surface area contributed by atoms with Crippen LogP contribution in [0.15, 0.2) is 42.9 Å². The minimum absolute atomic E-state index is 0.179. The summed E-state index contributed by atoms with van der Waals surface area (Å²) in [7, 11) is 0. The van der Waals surface area contributed by atoms with Gasteiger partial charge in [0.2, 0.25) is 0 Å². The summed E-state index contributed by atoms with van der Waals surface area (Å²) in [5.74, 6) is 0. The van der Waals surface area contributed by atoms with Crippen LogP contribution in [0.3, 0.4) is 0 Å². The summed E-state index contributed by atoms with van der Waals surface area (Å²) in [5.41, 5.74) is 3.42. The summed E-state index contributed by atoms with van der Waals surface area (Å²) < 4.78 is 0. The minimum atomic E-state index is -0.179. The Hall–Kier alpha value is -2.89. The fourth-order valence-electron chi connectivity index (χ4n) is 2.37. The summed E-state index contributed by atoms with van der Waals surface area (Å²) in [6.07, 6.45) is 5.43. The fraction of sp³-hybridized carbons (Fsp3) is 0.235. The highest BCUT2D eigenvalue weighted by Crippen LogP contribution is 2.25. The van der Waals surface area contributed by atoms with E-state index in [2.05, 4.69) is 32.5 Å². The lowest BCUT2D eigenvalue weighted by Crippen LogP contribution is -2.29. The van der Waals surface area contributed by atoms with Gasteiger partial charge < -0.3 is 15.6 Å². The number of nitrogens with one attached hydrogen (secondary N) is 3. The monoisotopic (exact) mass is 309 g/mol. The third-order valence-electron chi connectivity index (χ3n) is 3.59. The minimum Gasteiger partial charge on any atom is -0.346 e. The van der Waals surface area contributed by atoms with Crippen molar-refractivity contribution < 1.29 is 4.79 Å². The molecule has 0 fully saturated rings. The second kappa shape index (κ2) is 6.91. The number of amides is 2. The number of benzene rings is 1. The van der Waals surface area contributed by atoms with Gasteiger partial charge in [0, 0.05) is 29.4 Å². The van der Waals surface area contributed by atoms with Crippen LogP contribution in [0, 0.1) is 0 Å². The molecule has 0 saturated heterocycles. The summed E-state index contributed by atoms with van der Waals surface area (Å²) in [6.45, 7) is 2.78. The predicted octanol–water partition coefficient (Wildman–Crippen LogP) is 3.55. The number of H-pyrrole nitrogens is 1. The van der Waals surface area contributed by atoms with E-state index in [1.54, 1.807) is 6.33 Å². The van der Waals surface area contributed by atoms with E-state index in [0.29, 0.717) is 6.54 Å². The molecule has 0 aliphatic carbocycles. The number of anilines is 1. The highest BCUT2D eigenvalue weighted by atomic mass is 16.2. The maximum absolute atomic E-state index is 11.7. The molecule has 118 valence electrons. The van der Waals surface area contributed by atoms with Crippen LogP contribution in [-0.2, 0) is 0 Å². The van der Waals surface area contributed by atoms with Crippen molar-refractivity contribution in [3.05, 3.63) is 42.9 Å². The van der Waals surface area contributed by atoms with Gasteiger partial charge in [-0.05, 0) is 24.6 Å². The first-order valence-corrected chi connectivity index (χ1v) is 7.71. The van der Waals surface area contributed by atoms with Crippen molar-refractivity contribution in [1.82, 2.24) is 20.3 Å². The lowest BCUT2D eigenvalue weighted by atomic mass is 10.1. The number of rotatable bonds is 5. The van der Waals surface area contributed by atoms with Crippen LogP contribution in [0.1, 0.15) is 19.8 Å². The van der Waals surface area contributed by atoms with Crippen LogP contribution in [-0.4, -0.2) is 27.5 Å². The molecular weight excluding hydrogens is 290 g/mol. The molecule has 2 aromatic heterocycles. The normalized spacial score (nSPS) is 10.7. The number of nitrogens with zero attached hydrogens (tertiary/aromatic N) is 2. The molecule has 23 heavy (non-hydrogen) atoms. The van der Waals surface area contributed by atoms with E-state index in [0.717, 1.165) is 40.8 Å². The summed E-state index contributed by atoms with van der Waals surface area (Å²) in [5, 5.41) is 6.62. The Kier molecular flexibility index (Phi) is 4.52. The molecule has 6 nitrogen and oxygen atoms in total. The van der Waals surface area contributed by atoms with Gasteiger partial charge in [0.15, 0.2) is 0 Å². The van der Waals surface area contributed by atoms with Crippen LogP contribution >= 0.6 is 0 Å². The van der Waals surface area contributed by atoms with E-state index >= 15 is 0 Å². The van der Waals surface area contributed by atoms with E-state index < -0.39 is 0 Å². The molecule has 0 spiro atoms. The lowest BCUT2D eigenvalue weighted by Gasteiger charge is -2.08. The molecule has 2 heterocycles. The molecule has 6 heteroatoms. The number of hydrogen-bond donors (Lipinski definition) is 3. The van der Waals surface area contributed by atoms with E-state index in [1.807, 2.05) is 36.5 Å². The standard InChI is InChI=1S/C17H19N5O/c1-2-3-9-19-17(23)22-13-6-4-12(5-7-13)15-14-8-10-18-16(14)21-11-20-15/h4-8,10-11H,2-3,9H2,1H3,(H,18,20,21)(H2,19,22,23). The molecule has 3 aromatic rings. The van der Waals surface area contributed by atoms with Gasteiger partial charge in [-0.25, -0.2) is 14.8 Å². The number of unbranched alkanes of at least 4 members (excludes halogenated alkanes) is 1. The third-order valence-corrected chi connectivity index (χ3v) is 3.59. The largest absolute Gasteiger partial charge is 0.346 e. The Bertz CT molecular complexity index is 794. The predicted molar refractivity (Wildman–Crippen MR) is 91.3 cm³/mol. The average molecular weight is 309 g/mol. The Balaban J connectivity index is 1.72. The Morgan fingerprint density at radius 1 is 1.17 bits per heavy atom. The molecule has 0 bridgehead atoms. The van der Waals surface area contributed by atoms with Crippen molar-refractivity contribution in [1.29, 1.82) is 0 Å². The van der Waals surface area contributed by atoms with Crippen molar-refractivity contribution >= 4 is 22.8 Å². The zero-order valence-electron chi connectivity index (χ0n) is 13.0. The highest BCUT2D eigenvalue weighted by molar-refractivity contribution is 5.92. The maximum atomic E-state index is 11.7. The molecule has 0 saturated carbocycles. The zero-order valence-corrected chi connectivity index (χ0v) is 13.0. The van der Waals surface area contributed by atoms with Crippen molar-refractivity contribution in [2.24, 2.45) is 0 Å². The second-order valence-electron chi connectivity index (χ2n) is 5.27. The van der Waals surface area contributed by atoms with E-state index in [-0.39, 0.29) is 6.03 Å². The van der Waals surface area contributed by atoms with Crippen molar-refractivity contribution in [2.45, 2.75) is 19.8 Å². The molecule has 1 aromatic carbocycles. The Morgan fingerprint density at radius 3 is 2.78 bits per heavy atom. The first kappa shape index (κ1) is 15.0. The van der Waals surface area contributed by atoms with E-state index in [1.165, 1.54) is 0 Å². The maximum Gasteiger partial charge on any atom is 0.319 e. The third kappa shape index (κ3) is 3.48. The number of aromatic amines is 1. The Morgan fingerprint density at radius 2 is 2.00 bits per heavy atom. The second-order valence-corrected chi connectivity index (χ2v) is 5.27. The van der Waals surface area contributed by atoms with Crippen LogP contribution in [0.25, 0.3) is 22.3 Å². The number of urea groups is 1. The molecule has 0 unspecified atom stereocenters. The average Bonchev–Trinajstić information content (AvgIpc) is 3.04. The van der Waals surface area contributed by atoms with E-state index in [9.17, 15) is 4.79 Å². The van der Waals surface area contributed by atoms with Crippen LogP contribution in [0.5, 0.6) is 0 Å². The summed E-state index contributed by atoms with van der Waals surface area (Å²) in [4.78, 5) is 23.4. The van der Waals surface area contributed by atoms with Crippen LogP contribution in [0.4, 0.5) is 10.5 Å². The molecule has 3 N–H and O–H groups in total. The smallest absolute Gasteiger partial charge is 0.319 e. The van der Waals surface area contributed by atoms with Gasteiger partial charge in [0.25, 0.3) is 0 Å². The van der Waals surface area contributed by atoms with Gasteiger partial charge in [-0.1, -0.05) is 25.5 Å². The topological polar surface area (TPSA) is 82.7 Å². The highest BCUT2D eigenvalue weighted by Gasteiger charge is 2.07. The molecule has 3 rings (SSSR count). The molecule has 0 aliphatic heterocycles. The van der Waals surface area contributed by atoms with Crippen molar-refractivity contribution in [3.8, 4) is 11.3 Å². The Labute approximate surface area is 134 Å². The molecule has 0 atom stereocenters. The fourth-order valence-corrected chi connectivity index (χ4v) is 2.37. The molecule has 2 amide bonds. The van der Waals surface area contributed by atoms with Gasteiger partial charge in [0.1, 0.15) is 12.0 Å². The molecule has 0 radical (unpaired) electrons. The number of fused-ring (bicyclic) bond motifs is 1. The zero-order chi connectivity index (χ0) is 16.1. The van der Waals surface area contributed by atoms with Gasteiger partial charge in [-0.3, -0.25) is 0 Å². The summed E-state index contributed by atoms with van der Waals surface area (Å²) >= 11 is 0. The lowest BCUT2D eigenvalue weighted by molar-refractivity contribution is 0.252. The SMILES string of the molecule is CCCCNC(=O)Nc1ccc(-c2ncnc3[nH]ccc23)cc1. The number of aromatic nitrogens is 3. The number of carbonyl (C=O) groups is 1. The van der Waals surface area contributed by atoms with Gasteiger partial charge >= 0.3 is 6.03 Å². The van der Waals surface area contributed by atoms with Crippen LogP contribution < -0.4 is 10.6 Å². The summed E-state index contributed by atoms with van der Waals surface area (Å²) in [6, 6.07) is 9.40. The van der Waals surface area contributed by atoms with E-state index in [4.69, 9.17) is 0 Å². The number of hydrogen-bond acceptors (Lipinski definition) is 3. The van der Waals surface area contributed by atoms with Crippen molar-refractivity contribution in [2.75, 3.05) is 11.9 Å². The van der Waals surface area contributed by atoms with Gasteiger partial charge in [0.05, 0.1) is 5.69 Å². The first-order chi connectivity index (χ1) is 11.3. The first-order valence-electron chi connectivity index (χ1n) is 7.71. The van der Waals surface area contributed by atoms with Crippen molar-refractivity contribution in [3.63, 3.8) is 0 Å².